The lowest BCUT2D eigenvalue weighted by Gasteiger charge is -2.53. The van der Waals surface area contributed by atoms with E-state index in [1.807, 2.05) is 19.2 Å². The van der Waals surface area contributed by atoms with E-state index < -0.39 is 5.60 Å². The molecule has 1 aromatic heterocycles. The summed E-state index contributed by atoms with van der Waals surface area (Å²) in [7, 11) is 0. The molecule has 4 aliphatic carbocycles. The Morgan fingerprint density at radius 2 is 2.03 bits per heavy atom. The minimum Gasteiger partial charge on any atom is -0.377 e. The predicted molar refractivity (Wildman–Crippen MR) is 118 cm³/mol. The zero-order valence-corrected chi connectivity index (χ0v) is 18.3. The molecule has 4 aliphatic rings. The Bertz CT molecular complexity index is 1020. The molecule has 3 heteroatoms. The molecule has 0 amide bonds. The van der Waals surface area contributed by atoms with Gasteiger partial charge in [-0.1, -0.05) is 24.5 Å². The summed E-state index contributed by atoms with van der Waals surface area (Å²) in [5, 5.41) is 11.6. The second-order valence-electron chi connectivity index (χ2n) is 10.0. The number of aryl methyl sites for hydroxylation is 1. The van der Waals surface area contributed by atoms with Gasteiger partial charge in [0.25, 0.3) is 0 Å². The monoisotopic (exact) mass is 401 g/mol. The van der Waals surface area contributed by atoms with Crippen LogP contribution in [0, 0.1) is 36.0 Å². The molecule has 1 N–H and O–H groups in total. The number of fused-ring (bicyclic) bond motifs is 4. The lowest BCUT2D eigenvalue weighted by Crippen LogP contribution is -2.51. The van der Waals surface area contributed by atoms with Crippen LogP contribution in [-0.2, 0) is 4.79 Å². The van der Waals surface area contributed by atoms with Crippen molar-refractivity contribution in [1.29, 1.82) is 0 Å². The Hall–Kier alpha value is -2.18. The zero-order chi connectivity index (χ0) is 21.1. The standard InChI is InChI=1S/C27H31NO2/c1-4-12-27(30)13-11-23-21-8-6-18-14-19(29)7-9-20(18)25(21)22(15-26(23,27)3)24-10-5-17(2)16-28-24/h5,10,14,16,21-23,30H,6-9,11,13,15H2,1-3H3/t21-,22+,23-,26-,27-/m0/s1. The van der Waals surface area contributed by atoms with Crippen LogP contribution in [0.25, 0.3) is 0 Å². The minimum atomic E-state index is -0.926. The highest BCUT2D eigenvalue weighted by molar-refractivity contribution is 5.93. The summed E-state index contributed by atoms with van der Waals surface area (Å²) in [5.74, 6) is 7.57. The van der Waals surface area contributed by atoms with Gasteiger partial charge in [0.1, 0.15) is 5.60 Å². The van der Waals surface area contributed by atoms with Crippen LogP contribution >= 0.6 is 0 Å². The Morgan fingerprint density at radius 1 is 1.20 bits per heavy atom. The summed E-state index contributed by atoms with van der Waals surface area (Å²) >= 11 is 0. The van der Waals surface area contributed by atoms with Crippen molar-refractivity contribution in [2.45, 2.75) is 77.2 Å². The van der Waals surface area contributed by atoms with E-state index in [1.54, 1.807) is 0 Å². The first kappa shape index (κ1) is 19.8. The first-order valence-corrected chi connectivity index (χ1v) is 11.4. The fourth-order valence-corrected chi connectivity index (χ4v) is 7.03. The first-order chi connectivity index (χ1) is 14.4. The van der Waals surface area contributed by atoms with E-state index >= 15 is 0 Å². The molecule has 2 saturated carbocycles. The highest BCUT2D eigenvalue weighted by atomic mass is 16.3. The number of aromatic nitrogens is 1. The highest BCUT2D eigenvalue weighted by Gasteiger charge is 2.62. The van der Waals surface area contributed by atoms with E-state index in [0.29, 0.717) is 18.3 Å². The number of carbonyl (C=O) groups is 1. The molecular weight excluding hydrogens is 370 g/mol. The highest BCUT2D eigenvalue weighted by Crippen LogP contribution is 2.66. The molecule has 0 bridgehead atoms. The largest absolute Gasteiger partial charge is 0.377 e. The molecule has 0 radical (unpaired) electrons. The van der Waals surface area contributed by atoms with Crippen LogP contribution < -0.4 is 0 Å². The number of nitrogens with zero attached hydrogens (tertiary/aromatic N) is 1. The third kappa shape index (κ3) is 2.77. The van der Waals surface area contributed by atoms with Gasteiger partial charge in [-0.15, -0.1) is 5.92 Å². The second kappa shape index (κ2) is 6.92. The summed E-state index contributed by atoms with van der Waals surface area (Å²) in [6, 6.07) is 4.31. The molecule has 2 fully saturated rings. The fraction of sp³-hybridized carbons (Fsp3) is 0.556. The average Bonchev–Trinajstić information content (AvgIpc) is 2.98. The smallest absolute Gasteiger partial charge is 0.156 e. The van der Waals surface area contributed by atoms with Crippen LogP contribution in [0.4, 0.5) is 0 Å². The summed E-state index contributed by atoms with van der Waals surface area (Å²) < 4.78 is 0. The summed E-state index contributed by atoms with van der Waals surface area (Å²) in [6.45, 7) is 6.18. The number of aliphatic hydroxyl groups is 1. The van der Waals surface area contributed by atoms with Gasteiger partial charge in [-0.25, -0.2) is 0 Å². The van der Waals surface area contributed by atoms with Crippen molar-refractivity contribution in [1.82, 2.24) is 4.98 Å². The van der Waals surface area contributed by atoms with E-state index in [2.05, 4.69) is 37.8 Å². The van der Waals surface area contributed by atoms with Crippen molar-refractivity contribution < 1.29 is 9.90 Å². The lowest BCUT2D eigenvalue weighted by atomic mass is 9.51. The zero-order valence-electron chi connectivity index (χ0n) is 18.3. The number of carbonyl (C=O) groups excluding carboxylic acids is 1. The molecule has 156 valence electrons. The van der Waals surface area contributed by atoms with Gasteiger partial charge in [-0.05, 0) is 93.1 Å². The van der Waals surface area contributed by atoms with Gasteiger partial charge in [0.2, 0.25) is 0 Å². The molecule has 0 unspecified atom stereocenters. The van der Waals surface area contributed by atoms with Crippen molar-refractivity contribution in [2.24, 2.45) is 17.3 Å². The van der Waals surface area contributed by atoms with Crippen LogP contribution in [0.3, 0.4) is 0 Å². The van der Waals surface area contributed by atoms with Gasteiger partial charge in [0, 0.05) is 29.6 Å². The van der Waals surface area contributed by atoms with Crippen LogP contribution in [-0.4, -0.2) is 21.5 Å². The Morgan fingerprint density at radius 3 is 2.77 bits per heavy atom. The third-order valence-electron chi connectivity index (χ3n) is 8.51. The van der Waals surface area contributed by atoms with E-state index in [4.69, 9.17) is 4.98 Å². The van der Waals surface area contributed by atoms with Gasteiger partial charge in [0.15, 0.2) is 5.78 Å². The van der Waals surface area contributed by atoms with Crippen molar-refractivity contribution >= 4 is 5.78 Å². The van der Waals surface area contributed by atoms with Gasteiger partial charge < -0.3 is 5.11 Å². The Balaban J connectivity index is 1.69. The van der Waals surface area contributed by atoms with Gasteiger partial charge in [0.05, 0.1) is 0 Å². The van der Waals surface area contributed by atoms with Crippen LogP contribution in [0.1, 0.15) is 76.0 Å². The van der Waals surface area contributed by atoms with Crippen LogP contribution in [0.5, 0.6) is 0 Å². The van der Waals surface area contributed by atoms with Crippen molar-refractivity contribution in [3.05, 3.63) is 52.4 Å². The fourth-order valence-electron chi connectivity index (χ4n) is 7.03. The molecule has 1 aromatic rings. The maximum atomic E-state index is 12.1. The van der Waals surface area contributed by atoms with Gasteiger partial charge in [-0.2, -0.15) is 0 Å². The Labute approximate surface area is 179 Å². The van der Waals surface area contributed by atoms with Gasteiger partial charge >= 0.3 is 0 Å². The van der Waals surface area contributed by atoms with E-state index in [9.17, 15) is 9.90 Å². The minimum absolute atomic E-state index is 0.187. The molecule has 1 heterocycles. The summed E-state index contributed by atoms with van der Waals surface area (Å²) in [4.78, 5) is 16.9. The van der Waals surface area contributed by atoms with Crippen molar-refractivity contribution in [3.63, 3.8) is 0 Å². The molecule has 30 heavy (non-hydrogen) atoms. The van der Waals surface area contributed by atoms with Gasteiger partial charge in [-0.3, -0.25) is 9.78 Å². The molecule has 5 rings (SSSR count). The third-order valence-corrected chi connectivity index (χ3v) is 8.51. The topological polar surface area (TPSA) is 50.2 Å². The quantitative estimate of drug-likeness (QED) is 0.671. The van der Waals surface area contributed by atoms with E-state index in [0.717, 1.165) is 49.8 Å². The van der Waals surface area contributed by atoms with E-state index in [-0.39, 0.29) is 17.1 Å². The molecule has 0 saturated heterocycles. The molecule has 0 aromatic carbocycles. The number of rotatable bonds is 1. The van der Waals surface area contributed by atoms with Crippen LogP contribution in [0.2, 0.25) is 0 Å². The normalized spacial score (nSPS) is 37.5. The van der Waals surface area contributed by atoms with E-state index in [1.165, 1.54) is 16.7 Å². The second-order valence-corrected chi connectivity index (χ2v) is 10.0. The van der Waals surface area contributed by atoms with Crippen molar-refractivity contribution in [2.75, 3.05) is 0 Å². The predicted octanol–water partition coefficient (Wildman–Crippen LogP) is 5.04. The number of hydrogen-bond acceptors (Lipinski definition) is 3. The number of hydrogen-bond donors (Lipinski definition) is 1. The molecule has 3 nitrogen and oxygen atoms in total. The first-order valence-electron chi connectivity index (χ1n) is 11.4. The lowest BCUT2D eigenvalue weighted by molar-refractivity contribution is -0.114. The number of ketones is 1. The molecule has 5 atom stereocenters. The van der Waals surface area contributed by atoms with Crippen molar-refractivity contribution in [3.8, 4) is 11.8 Å². The molecular formula is C27H31NO2. The average molecular weight is 402 g/mol. The maximum Gasteiger partial charge on any atom is 0.156 e. The summed E-state index contributed by atoms with van der Waals surface area (Å²) in [5.41, 5.74) is 5.31. The molecule has 0 spiro atoms. The number of allylic oxidation sites excluding steroid dienone is 4. The SMILES string of the molecule is CC#C[C@]1(O)CC[C@H]2[C@@H]3CCC4=CC(=O)CCC4=C3[C@@H](c3ccc(C)cn3)C[C@@]21C. The number of pyridine rings is 1. The Kier molecular flexibility index (Phi) is 4.56. The van der Waals surface area contributed by atoms with Crippen LogP contribution in [0.15, 0.2) is 41.1 Å². The maximum absolute atomic E-state index is 12.1. The molecule has 0 aliphatic heterocycles. The summed E-state index contributed by atoms with van der Waals surface area (Å²) in [6.07, 6.45) is 10.0.